The lowest BCUT2D eigenvalue weighted by atomic mass is 10.1. The molecule has 0 aliphatic carbocycles. The molecular weight excluding hydrogens is 326 g/mol. The van der Waals surface area contributed by atoms with Crippen molar-refractivity contribution in [3.8, 4) is 11.4 Å². The molecule has 1 heterocycles. The van der Waals surface area contributed by atoms with E-state index in [1.807, 2.05) is 73.8 Å². The van der Waals surface area contributed by atoms with E-state index in [-0.39, 0.29) is 5.91 Å². The van der Waals surface area contributed by atoms with Crippen molar-refractivity contribution in [2.75, 3.05) is 7.11 Å². The highest BCUT2D eigenvalue weighted by molar-refractivity contribution is 5.83. The first-order valence-electron chi connectivity index (χ1n) is 8.35. The highest BCUT2D eigenvalue weighted by atomic mass is 16.5. The molecule has 0 saturated heterocycles. The summed E-state index contributed by atoms with van der Waals surface area (Å²) in [7, 11) is 1.65. The SMILES string of the molecule is COc1ccc(-n2cc(/C=N\NC(=O)Cc3ccccc3)cc2C)cc1. The summed E-state index contributed by atoms with van der Waals surface area (Å²) >= 11 is 0. The number of aryl methyl sites for hydroxylation is 1. The zero-order chi connectivity index (χ0) is 18.4. The number of rotatable bonds is 6. The average molecular weight is 347 g/mol. The molecule has 26 heavy (non-hydrogen) atoms. The first kappa shape index (κ1) is 17.5. The maximum atomic E-state index is 11.9. The van der Waals surface area contributed by atoms with E-state index >= 15 is 0 Å². The molecule has 132 valence electrons. The van der Waals surface area contributed by atoms with Gasteiger partial charge in [0.05, 0.1) is 19.7 Å². The van der Waals surface area contributed by atoms with Gasteiger partial charge in [-0.15, -0.1) is 0 Å². The number of carbonyl (C=O) groups excluding carboxylic acids is 1. The van der Waals surface area contributed by atoms with Crippen molar-refractivity contribution in [2.24, 2.45) is 5.10 Å². The molecular formula is C21H21N3O2. The lowest BCUT2D eigenvalue weighted by molar-refractivity contribution is -0.120. The summed E-state index contributed by atoms with van der Waals surface area (Å²) < 4.78 is 7.25. The van der Waals surface area contributed by atoms with E-state index in [9.17, 15) is 4.79 Å². The Hall–Kier alpha value is -3.34. The number of nitrogens with zero attached hydrogens (tertiary/aromatic N) is 2. The van der Waals surface area contributed by atoms with Crippen LogP contribution in [-0.2, 0) is 11.2 Å². The normalized spacial score (nSPS) is 10.8. The summed E-state index contributed by atoms with van der Waals surface area (Å²) in [4.78, 5) is 11.9. The van der Waals surface area contributed by atoms with Crippen LogP contribution in [0, 0.1) is 6.92 Å². The van der Waals surface area contributed by atoms with Gasteiger partial charge in [0.15, 0.2) is 0 Å². The molecule has 3 aromatic rings. The minimum atomic E-state index is -0.140. The fraction of sp³-hybridized carbons (Fsp3) is 0.143. The predicted octanol–water partition coefficient (Wildman–Crippen LogP) is 3.49. The number of hydrogen-bond donors (Lipinski definition) is 1. The third-order valence-electron chi connectivity index (χ3n) is 3.99. The largest absolute Gasteiger partial charge is 0.497 e. The molecule has 3 rings (SSSR count). The van der Waals surface area contributed by atoms with Gasteiger partial charge in [-0.3, -0.25) is 4.79 Å². The number of carbonyl (C=O) groups is 1. The van der Waals surface area contributed by atoms with Crippen LogP contribution in [0.4, 0.5) is 0 Å². The third-order valence-corrected chi connectivity index (χ3v) is 3.99. The first-order chi connectivity index (χ1) is 12.7. The fourth-order valence-corrected chi connectivity index (χ4v) is 2.69. The average Bonchev–Trinajstić information content (AvgIpc) is 3.03. The molecule has 0 saturated carbocycles. The summed E-state index contributed by atoms with van der Waals surface area (Å²) in [6, 6.07) is 19.4. The molecule has 2 aromatic carbocycles. The molecule has 5 nitrogen and oxygen atoms in total. The highest BCUT2D eigenvalue weighted by Gasteiger charge is 2.04. The van der Waals surface area contributed by atoms with Gasteiger partial charge in [-0.05, 0) is 42.8 Å². The van der Waals surface area contributed by atoms with Crippen LogP contribution < -0.4 is 10.2 Å². The Morgan fingerprint density at radius 2 is 1.88 bits per heavy atom. The molecule has 0 radical (unpaired) electrons. The summed E-state index contributed by atoms with van der Waals surface area (Å²) in [5, 5.41) is 4.06. The van der Waals surface area contributed by atoms with Crippen molar-refractivity contribution in [3.05, 3.63) is 83.7 Å². The molecule has 0 spiro atoms. The number of nitrogens with one attached hydrogen (secondary N) is 1. The van der Waals surface area contributed by atoms with Gasteiger partial charge in [-0.2, -0.15) is 5.10 Å². The first-order valence-corrected chi connectivity index (χ1v) is 8.35. The van der Waals surface area contributed by atoms with Gasteiger partial charge in [0.1, 0.15) is 5.75 Å². The molecule has 1 aromatic heterocycles. The molecule has 0 atom stereocenters. The second-order valence-corrected chi connectivity index (χ2v) is 5.94. The quantitative estimate of drug-likeness (QED) is 0.548. The van der Waals surface area contributed by atoms with Crippen LogP contribution >= 0.6 is 0 Å². The second kappa shape index (κ2) is 8.16. The topological polar surface area (TPSA) is 55.6 Å². The number of hydrogen-bond acceptors (Lipinski definition) is 3. The smallest absolute Gasteiger partial charge is 0.244 e. The number of benzene rings is 2. The Labute approximate surface area is 152 Å². The van der Waals surface area contributed by atoms with Gasteiger partial charge in [0, 0.05) is 23.1 Å². The van der Waals surface area contributed by atoms with Crippen LogP contribution in [-0.4, -0.2) is 23.8 Å². The summed E-state index contributed by atoms with van der Waals surface area (Å²) in [5.41, 5.74) is 6.56. The number of hydrazone groups is 1. The number of aromatic nitrogens is 1. The number of amides is 1. The molecule has 0 bridgehead atoms. The van der Waals surface area contributed by atoms with Gasteiger partial charge < -0.3 is 9.30 Å². The van der Waals surface area contributed by atoms with Crippen LogP contribution in [0.1, 0.15) is 16.8 Å². The monoisotopic (exact) mass is 347 g/mol. The molecule has 1 N–H and O–H groups in total. The Bertz CT molecular complexity index is 897. The molecule has 1 amide bonds. The Balaban J connectivity index is 1.63. The summed E-state index contributed by atoms with van der Waals surface area (Å²) in [6.45, 7) is 2.02. The Morgan fingerprint density at radius 3 is 2.58 bits per heavy atom. The van der Waals surface area contributed by atoms with E-state index in [0.29, 0.717) is 6.42 Å². The highest BCUT2D eigenvalue weighted by Crippen LogP contribution is 2.18. The van der Waals surface area contributed by atoms with Gasteiger partial charge in [0.25, 0.3) is 0 Å². The molecule has 0 aliphatic heterocycles. The Kier molecular flexibility index (Phi) is 5.49. The maximum absolute atomic E-state index is 11.9. The van der Waals surface area contributed by atoms with Crippen molar-refractivity contribution in [2.45, 2.75) is 13.3 Å². The third kappa shape index (κ3) is 4.39. The van der Waals surface area contributed by atoms with E-state index in [1.165, 1.54) is 0 Å². The summed E-state index contributed by atoms with van der Waals surface area (Å²) in [6.07, 6.45) is 3.93. The lowest BCUT2D eigenvalue weighted by Crippen LogP contribution is -2.19. The predicted molar refractivity (Wildman–Crippen MR) is 103 cm³/mol. The van der Waals surface area contributed by atoms with E-state index in [0.717, 1.165) is 28.3 Å². The van der Waals surface area contributed by atoms with Crippen molar-refractivity contribution in [1.29, 1.82) is 0 Å². The van der Waals surface area contributed by atoms with Crippen LogP contribution in [0.3, 0.4) is 0 Å². The minimum Gasteiger partial charge on any atom is -0.497 e. The van der Waals surface area contributed by atoms with Crippen molar-refractivity contribution in [1.82, 2.24) is 9.99 Å². The second-order valence-electron chi connectivity index (χ2n) is 5.94. The van der Waals surface area contributed by atoms with Gasteiger partial charge in [-0.25, -0.2) is 5.43 Å². The zero-order valence-electron chi connectivity index (χ0n) is 14.8. The van der Waals surface area contributed by atoms with E-state index < -0.39 is 0 Å². The molecule has 5 heteroatoms. The van der Waals surface area contributed by atoms with Crippen LogP contribution in [0.5, 0.6) is 5.75 Å². The van der Waals surface area contributed by atoms with Crippen molar-refractivity contribution in [3.63, 3.8) is 0 Å². The zero-order valence-corrected chi connectivity index (χ0v) is 14.8. The van der Waals surface area contributed by atoms with E-state index in [4.69, 9.17) is 4.74 Å². The number of ether oxygens (including phenoxy) is 1. The molecule has 0 aliphatic rings. The fourth-order valence-electron chi connectivity index (χ4n) is 2.69. The van der Waals surface area contributed by atoms with Crippen molar-refractivity contribution < 1.29 is 9.53 Å². The number of methoxy groups -OCH3 is 1. The van der Waals surface area contributed by atoms with Crippen LogP contribution in [0.15, 0.2) is 72.0 Å². The van der Waals surface area contributed by atoms with Gasteiger partial charge in [-0.1, -0.05) is 30.3 Å². The van der Waals surface area contributed by atoms with Crippen molar-refractivity contribution >= 4 is 12.1 Å². The van der Waals surface area contributed by atoms with E-state index in [2.05, 4.69) is 15.1 Å². The van der Waals surface area contributed by atoms with Gasteiger partial charge in [0.2, 0.25) is 5.91 Å². The molecule has 0 unspecified atom stereocenters. The van der Waals surface area contributed by atoms with E-state index in [1.54, 1.807) is 13.3 Å². The standard InChI is InChI=1S/C21H21N3O2/c1-16-12-18(15-24(16)19-8-10-20(26-2)11-9-19)14-22-23-21(25)13-17-6-4-3-5-7-17/h3-12,14-15H,13H2,1-2H3,(H,23,25)/b22-14-. The summed E-state index contributed by atoms with van der Waals surface area (Å²) in [5.74, 6) is 0.681. The van der Waals surface area contributed by atoms with Gasteiger partial charge >= 0.3 is 0 Å². The Morgan fingerprint density at radius 1 is 1.15 bits per heavy atom. The molecule has 0 fully saturated rings. The maximum Gasteiger partial charge on any atom is 0.244 e. The minimum absolute atomic E-state index is 0.140. The lowest BCUT2D eigenvalue weighted by Gasteiger charge is -2.06. The van der Waals surface area contributed by atoms with Crippen LogP contribution in [0.2, 0.25) is 0 Å². The van der Waals surface area contributed by atoms with Crippen LogP contribution in [0.25, 0.3) is 5.69 Å².